The number of thiophene rings is 1. The highest BCUT2D eigenvalue weighted by molar-refractivity contribution is 9.10. The number of aliphatic hydroxyl groups excluding tert-OH is 1. The maximum atomic E-state index is 8.75. The molecule has 0 aliphatic heterocycles. The van der Waals surface area contributed by atoms with E-state index in [0.717, 1.165) is 16.7 Å². The molecule has 0 atom stereocenters. The molecule has 0 bridgehead atoms. The second-order valence-corrected chi connectivity index (χ2v) is 5.21. The van der Waals surface area contributed by atoms with Gasteiger partial charge in [0.05, 0.1) is 25.0 Å². The van der Waals surface area contributed by atoms with Crippen LogP contribution in [0.25, 0.3) is 0 Å². The molecule has 0 unspecified atom stereocenters. The van der Waals surface area contributed by atoms with Crippen LogP contribution in [-0.2, 0) is 13.1 Å². The van der Waals surface area contributed by atoms with Crippen LogP contribution in [0.1, 0.15) is 4.88 Å². The second-order valence-electron chi connectivity index (χ2n) is 3.30. The molecular weight excluding hydrogens is 290 g/mol. The summed E-state index contributed by atoms with van der Waals surface area (Å²) >= 11 is 5.13. The Balaban J connectivity index is 1.89. The molecule has 16 heavy (non-hydrogen) atoms. The highest BCUT2D eigenvalue weighted by Crippen LogP contribution is 2.20. The van der Waals surface area contributed by atoms with Crippen molar-refractivity contribution in [3.05, 3.63) is 33.2 Å². The molecule has 6 heteroatoms. The lowest BCUT2D eigenvalue weighted by Crippen LogP contribution is -2.01. The van der Waals surface area contributed by atoms with E-state index in [0.29, 0.717) is 6.54 Å². The summed E-state index contributed by atoms with van der Waals surface area (Å²) in [6.07, 6.45) is 3.65. The molecule has 0 amide bonds. The maximum Gasteiger partial charge on any atom is 0.0729 e. The predicted molar refractivity (Wildman–Crippen MR) is 68.7 cm³/mol. The van der Waals surface area contributed by atoms with E-state index in [1.165, 1.54) is 4.88 Å². The Bertz CT molecular complexity index is 454. The highest BCUT2D eigenvalue weighted by atomic mass is 79.9. The van der Waals surface area contributed by atoms with Crippen molar-refractivity contribution in [1.82, 2.24) is 9.78 Å². The van der Waals surface area contributed by atoms with E-state index >= 15 is 0 Å². The van der Waals surface area contributed by atoms with Crippen molar-refractivity contribution in [3.8, 4) is 0 Å². The number of halogens is 1. The number of nitrogens with one attached hydrogen (secondary N) is 1. The first-order valence-corrected chi connectivity index (χ1v) is 6.55. The molecule has 86 valence electrons. The maximum absolute atomic E-state index is 8.75. The average Bonchev–Trinajstić information content (AvgIpc) is 2.85. The molecule has 0 saturated heterocycles. The quantitative estimate of drug-likeness (QED) is 0.891. The van der Waals surface area contributed by atoms with E-state index in [2.05, 4.69) is 37.8 Å². The van der Waals surface area contributed by atoms with Crippen molar-refractivity contribution in [1.29, 1.82) is 0 Å². The van der Waals surface area contributed by atoms with Gasteiger partial charge in [-0.05, 0) is 22.0 Å². The first-order chi connectivity index (χ1) is 7.78. The summed E-state index contributed by atoms with van der Waals surface area (Å²) in [6.45, 7) is 1.44. The summed E-state index contributed by atoms with van der Waals surface area (Å²) in [5, 5.41) is 18.2. The first-order valence-electron chi connectivity index (χ1n) is 4.88. The third-order valence-electron chi connectivity index (χ3n) is 2.05. The van der Waals surface area contributed by atoms with E-state index in [4.69, 9.17) is 5.11 Å². The van der Waals surface area contributed by atoms with Crippen LogP contribution in [-0.4, -0.2) is 21.5 Å². The molecule has 0 spiro atoms. The molecule has 2 aromatic rings. The fourth-order valence-electron chi connectivity index (χ4n) is 1.32. The molecule has 0 saturated carbocycles. The smallest absolute Gasteiger partial charge is 0.0729 e. The number of anilines is 1. The van der Waals surface area contributed by atoms with Crippen LogP contribution >= 0.6 is 27.3 Å². The molecular formula is C10H12BrN3OS. The van der Waals surface area contributed by atoms with Gasteiger partial charge in [-0.25, -0.2) is 0 Å². The van der Waals surface area contributed by atoms with Crippen molar-refractivity contribution >= 4 is 33.0 Å². The topological polar surface area (TPSA) is 50.1 Å². The van der Waals surface area contributed by atoms with Gasteiger partial charge in [-0.15, -0.1) is 11.3 Å². The molecule has 2 rings (SSSR count). The minimum absolute atomic E-state index is 0.110. The summed E-state index contributed by atoms with van der Waals surface area (Å²) < 4.78 is 2.83. The van der Waals surface area contributed by atoms with Gasteiger partial charge < -0.3 is 10.4 Å². The van der Waals surface area contributed by atoms with Crippen molar-refractivity contribution < 1.29 is 5.11 Å². The summed E-state index contributed by atoms with van der Waals surface area (Å²) in [7, 11) is 0. The Kier molecular flexibility index (Phi) is 3.98. The molecule has 0 aliphatic carbocycles. The third-order valence-corrected chi connectivity index (χ3v) is 3.75. The van der Waals surface area contributed by atoms with E-state index in [1.54, 1.807) is 22.2 Å². The van der Waals surface area contributed by atoms with Gasteiger partial charge in [0.2, 0.25) is 0 Å². The monoisotopic (exact) mass is 301 g/mol. The summed E-state index contributed by atoms with van der Waals surface area (Å²) in [6, 6.07) is 2.09. The van der Waals surface area contributed by atoms with Gasteiger partial charge in [0.15, 0.2) is 0 Å². The highest BCUT2D eigenvalue weighted by Gasteiger charge is 2.00. The molecule has 2 heterocycles. The number of nitrogens with zero attached hydrogens (tertiary/aromatic N) is 2. The first kappa shape index (κ1) is 11.6. The largest absolute Gasteiger partial charge is 0.394 e. The minimum Gasteiger partial charge on any atom is -0.394 e. The Hall–Kier alpha value is -0.850. The van der Waals surface area contributed by atoms with Crippen LogP contribution in [0.3, 0.4) is 0 Å². The summed E-state index contributed by atoms with van der Waals surface area (Å²) in [5.41, 5.74) is 0.970. The zero-order chi connectivity index (χ0) is 11.4. The molecule has 4 nitrogen and oxygen atoms in total. The van der Waals surface area contributed by atoms with Crippen molar-refractivity contribution in [2.24, 2.45) is 0 Å². The Morgan fingerprint density at radius 2 is 2.44 bits per heavy atom. The van der Waals surface area contributed by atoms with E-state index in [-0.39, 0.29) is 6.61 Å². The van der Waals surface area contributed by atoms with E-state index < -0.39 is 0 Å². The van der Waals surface area contributed by atoms with Crippen LogP contribution < -0.4 is 5.32 Å². The number of aliphatic hydroxyl groups is 1. The van der Waals surface area contributed by atoms with Crippen LogP contribution in [0.5, 0.6) is 0 Å². The molecule has 0 aromatic carbocycles. The fraction of sp³-hybridized carbons (Fsp3) is 0.300. The zero-order valence-electron chi connectivity index (χ0n) is 8.56. The van der Waals surface area contributed by atoms with Crippen molar-refractivity contribution in [2.75, 3.05) is 11.9 Å². The number of aromatic nitrogens is 2. The molecule has 2 N–H and O–H groups in total. The van der Waals surface area contributed by atoms with Crippen LogP contribution in [0.4, 0.5) is 5.69 Å². The van der Waals surface area contributed by atoms with E-state index in [9.17, 15) is 0 Å². The van der Waals surface area contributed by atoms with Gasteiger partial charge in [0.25, 0.3) is 0 Å². The van der Waals surface area contributed by atoms with Gasteiger partial charge in [-0.1, -0.05) is 0 Å². The lowest BCUT2D eigenvalue weighted by molar-refractivity contribution is 0.269. The predicted octanol–water partition coefficient (Wildman–Crippen LogP) is 2.31. The van der Waals surface area contributed by atoms with Gasteiger partial charge >= 0.3 is 0 Å². The summed E-state index contributed by atoms with van der Waals surface area (Å²) in [4.78, 5) is 1.27. The third kappa shape index (κ3) is 3.07. The molecule has 0 aliphatic rings. The Morgan fingerprint density at radius 3 is 3.12 bits per heavy atom. The van der Waals surface area contributed by atoms with Crippen LogP contribution in [0, 0.1) is 0 Å². The molecule has 2 aromatic heterocycles. The average molecular weight is 302 g/mol. The van der Waals surface area contributed by atoms with Crippen LogP contribution in [0.2, 0.25) is 0 Å². The lowest BCUT2D eigenvalue weighted by atomic mass is 10.4. The molecule has 0 fully saturated rings. The van der Waals surface area contributed by atoms with Gasteiger partial charge in [0.1, 0.15) is 0 Å². The van der Waals surface area contributed by atoms with E-state index in [1.807, 2.05) is 6.20 Å². The second kappa shape index (κ2) is 5.47. The van der Waals surface area contributed by atoms with Crippen LogP contribution in [0.15, 0.2) is 28.3 Å². The normalized spacial score (nSPS) is 10.6. The standard InChI is InChI=1S/C10H12BrN3OS/c11-8-3-10(16-7-8)5-12-9-4-13-14(6-9)1-2-15/h3-4,6-7,12,15H,1-2,5H2. The van der Waals surface area contributed by atoms with Gasteiger partial charge in [-0.2, -0.15) is 5.10 Å². The SMILES string of the molecule is OCCn1cc(NCc2cc(Br)cs2)cn1. The van der Waals surface area contributed by atoms with Gasteiger partial charge in [-0.3, -0.25) is 4.68 Å². The molecule has 0 radical (unpaired) electrons. The van der Waals surface area contributed by atoms with Gasteiger partial charge in [0, 0.05) is 27.5 Å². The Morgan fingerprint density at radius 1 is 1.56 bits per heavy atom. The van der Waals surface area contributed by atoms with Crippen molar-refractivity contribution in [3.63, 3.8) is 0 Å². The zero-order valence-corrected chi connectivity index (χ0v) is 11.0. The van der Waals surface area contributed by atoms with Crippen molar-refractivity contribution in [2.45, 2.75) is 13.1 Å². The lowest BCUT2D eigenvalue weighted by Gasteiger charge is -2.00. The minimum atomic E-state index is 0.110. The fourth-order valence-corrected chi connectivity index (χ4v) is 2.71. The number of hydrogen-bond donors (Lipinski definition) is 2. The number of hydrogen-bond acceptors (Lipinski definition) is 4. The summed E-state index contributed by atoms with van der Waals surface area (Å²) in [5.74, 6) is 0. The number of rotatable bonds is 5. The Labute approximate surface area is 106 Å².